The minimum absolute atomic E-state index is 0.145. The number of pyridine rings is 1. The van der Waals surface area contributed by atoms with Crippen molar-refractivity contribution in [1.29, 1.82) is 0 Å². The van der Waals surface area contributed by atoms with Crippen LogP contribution < -0.4 is 10.0 Å². The van der Waals surface area contributed by atoms with Gasteiger partial charge in [-0.2, -0.15) is 0 Å². The van der Waals surface area contributed by atoms with Crippen LogP contribution in [0.5, 0.6) is 0 Å². The number of aromatic nitrogens is 1. The maximum atomic E-state index is 12.9. The van der Waals surface area contributed by atoms with E-state index in [0.29, 0.717) is 11.3 Å². The van der Waals surface area contributed by atoms with Crippen LogP contribution in [0.25, 0.3) is 10.9 Å². The standard InChI is InChI=1S/C21H20N4O3S/c1-13(2)19(24-20-16-8-4-6-10-18(16)29(27,28)25-20)21(26)23-15-11-14-7-3-5-9-17(14)22-12-15/h3-13,19H,1-2H3,(H,23,26)(H,24,25)/t19-/m0/s1. The average molecular weight is 408 g/mol. The van der Waals surface area contributed by atoms with E-state index in [-0.39, 0.29) is 22.6 Å². The zero-order chi connectivity index (χ0) is 20.6. The Hall–Kier alpha value is -3.26. The fraction of sp³-hybridized carbons (Fsp3) is 0.190. The first-order valence-electron chi connectivity index (χ1n) is 9.21. The molecule has 7 nitrogen and oxygen atoms in total. The molecular weight excluding hydrogens is 388 g/mol. The van der Waals surface area contributed by atoms with Gasteiger partial charge >= 0.3 is 0 Å². The Bertz CT molecular complexity index is 1240. The number of carbonyl (C=O) groups is 1. The topological polar surface area (TPSA) is 101 Å². The summed E-state index contributed by atoms with van der Waals surface area (Å²) >= 11 is 0. The van der Waals surface area contributed by atoms with Crippen molar-refractivity contribution in [1.82, 2.24) is 9.71 Å². The third-order valence-corrected chi connectivity index (χ3v) is 6.09. The lowest BCUT2D eigenvalue weighted by atomic mass is 10.0. The number of sulfonamides is 1. The van der Waals surface area contributed by atoms with Crippen molar-refractivity contribution in [3.05, 3.63) is 66.4 Å². The number of rotatable bonds is 4. The first-order chi connectivity index (χ1) is 13.8. The monoisotopic (exact) mass is 408 g/mol. The van der Waals surface area contributed by atoms with Crippen molar-refractivity contribution in [2.45, 2.75) is 24.8 Å². The summed E-state index contributed by atoms with van der Waals surface area (Å²) in [6.07, 6.45) is 1.60. The summed E-state index contributed by atoms with van der Waals surface area (Å²) < 4.78 is 27.1. The lowest BCUT2D eigenvalue weighted by Gasteiger charge is -2.17. The van der Waals surface area contributed by atoms with E-state index in [4.69, 9.17) is 0 Å². The number of anilines is 1. The van der Waals surface area contributed by atoms with E-state index in [9.17, 15) is 13.2 Å². The van der Waals surface area contributed by atoms with E-state index in [1.54, 1.807) is 24.4 Å². The Kier molecular flexibility index (Phi) is 4.79. The molecule has 1 atom stereocenters. The van der Waals surface area contributed by atoms with Gasteiger partial charge in [-0.15, -0.1) is 0 Å². The first-order valence-corrected chi connectivity index (χ1v) is 10.7. The molecule has 0 saturated heterocycles. The molecule has 0 aliphatic carbocycles. The van der Waals surface area contributed by atoms with Crippen molar-refractivity contribution >= 4 is 38.4 Å². The van der Waals surface area contributed by atoms with Gasteiger partial charge in [0.25, 0.3) is 10.0 Å². The number of fused-ring (bicyclic) bond motifs is 2. The van der Waals surface area contributed by atoms with Crippen LogP contribution in [0.2, 0.25) is 0 Å². The highest BCUT2D eigenvalue weighted by atomic mass is 32.2. The molecule has 1 aliphatic heterocycles. The number of nitrogens with one attached hydrogen (secondary N) is 2. The molecule has 0 fully saturated rings. The Morgan fingerprint density at radius 3 is 2.62 bits per heavy atom. The normalized spacial score (nSPS) is 17.1. The van der Waals surface area contributed by atoms with Gasteiger partial charge in [-0.05, 0) is 30.2 Å². The number of carbonyl (C=O) groups excluding carboxylic acids is 1. The summed E-state index contributed by atoms with van der Waals surface area (Å²) in [7, 11) is -3.66. The van der Waals surface area contributed by atoms with Gasteiger partial charge in [0.2, 0.25) is 5.91 Å². The fourth-order valence-electron chi connectivity index (χ4n) is 3.23. The second kappa shape index (κ2) is 7.29. The predicted octanol–water partition coefficient (Wildman–Crippen LogP) is 2.94. The lowest BCUT2D eigenvalue weighted by molar-refractivity contribution is -0.118. The van der Waals surface area contributed by atoms with E-state index >= 15 is 0 Å². The predicted molar refractivity (Wildman–Crippen MR) is 112 cm³/mol. The van der Waals surface area contributed by atoms with E-state index in [1.807, 2.05) is 44.2 Å². The number of benzene rings is 2. The maximum Gasteiger partial charge on any atom is 0.263 e. The van der Waals surface area contributed by atoms with Gasteiger partial charge in [0.15, 0.2) is 0 Å². The molecule has 1 amide bonds. The molecule has 2 heterocycles. The highest BCUT2D eigenvalue weighted by Gasteiger charge is 2.32. The van der Waals surface area contributed by atoms with Crippen LogP contribution in [0.3, 0.4) is 0 Å². The van der Waals surface area contributed by atoms with Crippen LogP contribution in [0.15, 0.2) is 70.7 Å². The molecule has 0 saturated carbocycles. The summed E-state index contributed by atoms with van der Waals surface area (Å²) in [6.45, 7) is 3.73. The van der Waals surface area contributed by atoms with Crippen LogP contribution >= 0.6 is 0 Å². The molecular formula is C21H20N4O3S. The Morgan fingerprint density at radius 2 is 1.83 bits per heavy atom. The number of amidine groups is 1. The lowest BCUT2D eigenvalue weighted by Crippen LogP contribution is -2.34. The average Bonchev–Trinajstić information content (AvgIpc) is 2.96. The molecule has 0 bridgehead atoms. The Balaban J connectivity index is 1.64. The van der Waals surface area contributed by atoms with E-state index < -0.39 is 16.1 Å². The number of para-hydroxylation sites is 1. The second-order valence-electron chi connectivity index (χ2n) is 7.17. The van der Waals surface area contributed by atoms with Crippen molar-refractivity contribution in [3.8, 4) is 0 Å². The SMILES string of the molecule is CC(C)[C@H](N=C1NS(=O)(=O)c2ccccc21)C(=O)Nc1cnc2ccccc2c1. The van der Waals surface area contributed by atoms with Gasteiger partial charge in [0, 0.05) is 10.9 Å². The molecule has 29 heavy (non-hydrogen) atoms. The van der Waals surface area contributed by atoms with Crippen LogP contribution in [0.4, 0.5) is 5.69 Å². The highest BCUT2D eigenvalue weighted by molar-refractivity contribution is 7.90. The minimum Gasteiger partial charge on any atom is -0.323 e. The smallest absolute Gasteiger partial charge is 0.263 e. The molecule has 2 aromatic carbocycles. The Labute approximate surface area is 168 Å². The summed E-state index contributed by atoms with van der Waals surface area (Å²) in [5.74, 6) is -0.285. The zero-order valence-electron chi connectivity index (χ0n) is 16.0. The molecule has 1 aliphatic rings. The summed E-state index contributed by atoms with van der Waals surface area (Å²) in [4.78, 5) is 21.9. The first kappa shape index (κ1) is 19.1. The van der Waals surface area contributed by atoms with Gasteiger partial charge in [-0.3, -0.25) is 19.5 Å². The second-order valence-corrected chi connectivity index (χ2v) is 8.82. The minimum atomic E-state index is -3.66. The Morgan fingerprint density at radius 1 is 1.10 bits per heavy atom. The number of hydrogen-bond donors (Lipinski definition) is 2. The van der Waals surface area contributed by atoms with Crippen molar-refractivity contribution in [2.24, 2.45) is 10.9 Å². The van der Waals surface area contributed by atoms with Crippen molar-refractivity contribution < 1.29 is 13.2 Å². The van der Waals surface area contributed by atoms with Gasteiger partial charge < -0.3 is 5.32 Å². The number of nitrogens with zero attached hydrogens (tertiary/aromatic N) is 2. The largest absolute Gasteiger partial charge is 0.323 e. The number of aliphatic imine (C=N–C) groups is 1. The molecule has 8 heteroatoms. The van der Waals surface area contributed by atoms with Gasteiger partial charge in [0.05, 0.1) is 22.3 Å². The van der Waals surface area contributed by atoms with Crippen LogP contribution in [-0.2, 0) is 14.8 Å². The molecule has 2 N–H and O–H groups in total. The highest BCUT2D eigenvalue weighted by Crippen LogP contribution is 2.24. The van der Waals surface area contributed by atoms with E-state index in [2.05, 4.69) is 20.0 Å². The maximum absolute atomic E-state index is 12.9. The molecule has 0 radical (unpaired) electrons. The summed E-state index contributed by atoms with van der Waals surface area (Å²) in [5.41, 5.74) is 1.87. The summed E-state index contributed by atoms with van der Waals surface area (Å²) in [6, 6.07) is 15.3. The summed E-state index contributed by atoms with van der Waals surface area (Å²) in [5, 5.41) is 3.76. The number of amides is 1. The van der Waals surface area contributed by atoms with Crippen LogP contribution in [0, 0.1) is 5.92 Å². The fourth-order valence-corrected chi connectivity index (χ4v) is 4.47. The van der Waals surface area contributed by atoms with Gasteiger partial charge in [-0.1, -0.05) is 44.2 Å². The quantitative estimate of drug-likeness (QED) is 0.693. The van der Waals surface area contributed by atoms with Crippen molar-refractivity contribution in [3.63, 3.8) is 0 Å². The molecule has 0 unspecified atom stereocenters. The van der Waals surface area contributed by atoms with Crippen molar-refractivity contribution in [2.75, 3.05) is 5.32 Å². The third-order valence-electron chi connectivity index (χ3n) is 4.69. The zero-order valence-corrected chi connectivity index (χ0v) is 16.8. The van der Waals surface area contributed by atoms with E-state index in [0.717, 1.165) is 10.9 Å². The van der Waals surface area contributed by atoms with Crippen LogP contribution in [0.1, 0.15) is 19.4 Å². The molecule has 0 spiro atoms. The molecule has 1 aromatic heterocycles. The van der Waals surface area contributed by atoms with Gasteiger partial charge in [0.1, 0.15) is 11.9 Å². The van der Waals surface area contributed by atoms with E-state index in [1.165, 1.54) is 6.07 Å². The van der Waals surface area contributed by atoms with Crippen LogP contribution in [-0.4, -0.2) is 31.2 Å². The molecule has 4 rings (SSSR count). The molecule has 3 aromatic rings. The third kappa shape index (κ3) is 3.71. The van der Waals surface area contributed by atoms with Gasteiger partial charge in [-0.25, -0.2) is 8.42 Å². The molecule has 148 valence electrons. The number of hydrogen-bond acceptors (Lipinski definition) is 5.